The van der Waals surface area contributed by atoms with Gasteiger partial charge in [0.15, 0.2) is 0 Å². The molecule has 21 heavy (non-hydrogen) atoms. The van der Waals surface area contributed by atoms with E-state index in [4.69, 9.17) is 4.42 Å². The smallest absolute Gasteiger partial charge is 0.318 e. The van der Waals surface area contributed by atoms with Gasteiger partial charge in [-0.25, -0.2) is 0 Å². The van der Waals surface area contributed by atoms with Crippen molar-refractivity contribution in [2.45, 2.75) is 46.7 Å². The average molecular weight is 297 g/mol. The van der Waals surface area contributed by atoms with Gasteiger partial charge in [0.05, 0.1) is 6.54 Å². The third kappa shape index (κ3) is 7.43. The van der Waals surface area contributed by atoms with Crippen molar-refractivity contribution in [3.8, 4) is 0 Å². The molecule has 6 nitrogen and oxygen atoms in total. The quantitative estimate of drug-likeness (QED) is 0.792. The standard InChI is InChI=1S/C15H31N5O/c1-12(2)11-20(9-8-19(6)7)14-18-17-13(21-14)10-16-15(3,4)5/h12,16H,8-11H2,1-7H3. The molecule has 6 heteroatoms. The van der Waals surface area contributed by atoms with Crippen LogP contribution >= 0.6 is 0 Å². The fourth-order valence-electron chi connectivity index (χ4n) is 1.81. The molecule has 0 aliphatic rings. The van der Waals surface area contributed by atoms with Crippen molar-refractivity contribution < 1.29 is 4.42 Å². The largest absolute Gasteiger partial charge is 0.407 e. The highest BCUT2D eigenvalue weighted by atomic mass is 16.4. The van der Waals surface area contributed by atoms with Gasteiger partial charge in [0.25, 0.3) is 0 Å². The molecule has 0 atom stereocenters. The Morgan fingerprint density at radius 3 is 2.33 bits per heavy atom. The fourth-order valence-corrected chi connectivity index (χ4v) is 1.81. The maximum Gasteiger partial charge on any atom is 0.318 e. The molecule has 122 valence electrons. The molecule has 0 bridgehead atoms. The Bertz CT molecular complexity index is 408. The number of likely N-dealkylation sites (N-methyl/N-ethyl adjacent to an activating group) is 1. The highest BCUT2D eigenvalue weighted by molar-refractivity contribution is 5.24. The zero-order chi connectivity index (χ0) is 16.0. The predicted octanol–water partition coefficient (Wildman–Crippen LogP) is 1.98. The Labute approximate surface area is 128 Å². The molecule has 0 amide bonds. The highest BCUT2D eigenvalue weighted by Crippen LogP contribution is 2.14. The number of hydrogen-bond donors (Lipinski definition) is 1. The lowest BCUT2D eigenvalue weighted by Crippen LogP contribution is -2.35. The van der Waals surface area contributed by atoms with Crippen molar-refractivity contribution in [1.82, 2.24) is 20.4 Å². The number of aromatic nitrogens is 2. The summed E-state index contributed by atoms with van der Waals surface area (Å²) < 4.78 is 5.80. The van der Waals surface area contributed by atoms with Gasteiger partial charge in [-0.3, -0.25) is 0 Å². The molecule has 0 saturated carbocycles. The van der Waals surface area contributed by atoms with E-state index in [1.165, 1.54) is 0 Å². The Morgan fingerprint density at radius 2 is 1.81 bits per heavy atom. The van der Waals surface area contributed by atoms with Crippen molar-refractivity contribution in [1.29, 1.82) is 0 Å². The molecule has 1 aromatic rings. The van der Waals surface area contributed by atoms with Gasteiger partial charge in [0, 0.05) is 25.2 Å². The predicted molar refractivity (Wildman–Crippen MR) is 86.5 cm³/mol. The van der Waals surface area contributed by atoms with Gasteiger partial charge in [0.1, 0.15) is 0 Å². The number of hydrogen-bond acceptors (Lipinski definition) is 6. The van der Waals surface area contributed by atoms with Gasteiger partial charge in [0.2, 0.25) is 5.89 Å². The first kappa shape index (κ1) is 17.9. The van der Waals surface area contributed by atoms with Gasteiger partial charge in [-0.05, 0) is 40.8 Å². The molecule has 1 N–H and O–H groups in total. The second-order valence-electron chi connectivity index (χ2n) is 7.23. The van der Waals surface area contributed by atoms with Crippen LogP contribution < -0.4 is 10.2 Å². The van der Waals surface area contributed by atoms with E-state index in [-0.39, 0.29) is 5.54 Å². The van der Waals surface area contributed by atoms with E-state index in [0.717, 1.165) is 19.6 Å². The van der Waals surface area contributed by atoms with Crippen LogP contribution in [0.2, 0.25) is 0 Å². The first-order valence-electron chi connectivity index (χ1n) is 7.64. The zero-order valence-corrected chi connectivity index (χ0v) is 14.6. The number of nitrogens with one attached hydrogen (secondary N) is 1. The van der Waals surface area contributed by atoms with Crippen molar-refractivity contribution in [3.63, 3.8) is 0 Å². The lowest BCUT2D eigenvalue weighted by molar-refractivity contribution is 0.372. The minimum Gasteiger partial charge on any atom is -0.407 e. The Morgan fingerprint density at radius 1 is 1.14 bits per heavy atom. The summed E-state index contributed by atoms with van der Waals surface area (Å²) in [6.45, 7) is 14.1. The molecular formula is C15H31N5O. The third-order valence-corrected chi connectivity index (χ3v) is 2.90. The van der Waals surface area contributed by atoms with Crippen LogP contribution in [0, 0.1) is 5.92 Å². The van der Waals surface area contributed by atoms with Gasteiger partial charge < -0.3 is 19.5 Å². The van der Waals surface area contributed by atoms with Gasteiger partial charge in [-0.15, -0.1) is 5.10 Å². The second-order valence-corrected chi connectivity index (χ2v) is 7.23. The van der Waals surface area contributed by atoms with E-state index >= 15 is 0 Å². The lowest BCUT2D eigenvalue weighted by Gasteiger charge is -2.24. The van der Waals surface area contributed by atoms with E-state index in [2.05, 4.69) is 74.0 Å². The summed E-state index contributed by atoms with van der Waals surface area (Å²) in [4.78, 5) is 4.32. The van der Waals surface area contributed by atoms with Crippen LogP contribution in [0.1, 0.15) is 40.5 Å². The average Bonchev–Trinajstić information content (AvgIpc) is 2.79. The number of rotatable bonds is 8. The van der Waals surface area contributed by atoms with Gasteiger partial charge >= 0.3 is 6.01 Å². The molecule has 0 aliphatic heterocycles. The van der Waals surface area contributed by atoms with E-state index in [9.17, 15) is 0 Å². The number of anilines is 1. The Balaban J connectivity index is 2.67. The molecule has 0 radical (unpaired) electrons. The summed E-state index contributed by atoms with van der Waals surface area (Å²) in [5.74, 6) is 1.19. The molecule has 0 spiro atoms. The molecule has 0 fully saturated rings. The Kier molecular flexibility index (Phi) is 6.61. The van der Waals surface area contributed by atoms with Crippen LogP contribution in [0.15, 0.2) is 4.42 Å². The van der Waals surface area contributed by atoms with Crippen LogP contribution in [0.4, 0.5) is 6.01 Å². The maximum absolute atomic E-state index is 5.80. The molecule has 0 unspecified atom stereocenters. The Hall–Kier alpha value is -1.14. The SMILES string of the molecule is CC(C)CN(CCN(C)C)c1nnc(CNC(C)(C)C)o1. The minimum atomic E-state index is 0.0389. The van der Waals surface area contributed by atoms with Crippen LogP contribution in [0.5, 0.6) is 0 Å². The molecule has 1 rings (SSSR count). The molecule has 0 saturated heterocycles. The van der Waals surface area contributed by atoms with E-state index in [1.54, 1.807) is 0 Å². The monoisotopic (exact) mass is 297 g/mol. The topological polar surface area (TPSA) is 57.4 Å². The molecule has 0 aromatic carbocycles. The summed E-state index contributed by atoms with van der Waals surface area (Å²) in [7, 11) is 4.14. The minimum absolute atomic E-state index is 0.0389. The molecule has 1 aromatic heterocycles. The summed E-state index contributed by atoms with van der Waals surface area (Å²) in [5, 5.41) is 11.7. The second kappa shape index (κ2) is 7.75. The lowest BCUT2D eigenvalue weighted by atomic mass is 10.1. The summed E-state index contributed by atoms with van der Waals surface area (Å²) in [6, 6.07) is 0.622. The van der Waals surface area contributed by atoms with Gasteiger partial charge in [-0.1, -0.05) is 18.9 Å². The maximum atomic E-state index is 5.80. The summed E-state index contributed by atoms with van der Waals surface area (Å²) in [6.07, 6.45) is 0. The third-order valence-electron chi connectivity index (χ3n) is 2.90. The van der Waals surface area contributed by atoms with E-state index < -0.39 is 0 Å². The molecule has 0 aliphatic carbocycles. The van der Waals surface area contributed by atoms with Crippen LogP contribution in [-0.4, -0.2) is 54.4 Å². The summed E-state index contributed by atoms with van der Waals surface area (Å²) >= 11 is 0. The fraction of sp³-hybridized carbons (Fsp3) is 0.867. The van der Waals surface area contributed by atoms with Crippen LogP contribution in [-0.2, 0) is 6.54 Å². The van der Waals surface area contributed by atoms with Gasteiger partial charge in [-0.2, -0.15) is 0 Å². The first-order valence-corrected chi connectivity index (χ1v) is 7.64. The van der Waals surface area contributed by atoms with E-state index in [1.807, 2.05) is 0 Å². The van der Waals surface area contributed by atoms with Crippen molar-refractivity contribution >= 4 is 6.01 Å². The number of nitrogens with zero attached hydrogens (tertiary/aromatic N) is 4. The first-order chi connectivity index (χ1) is 9.67. The molecule has 1 heterocycles. The van der Waals surface area contributed by atoms with Crippen molar-refractivity contribution in [2.75, 3.05) is 38.6 Å². The van der Waals surface area contributed by atoms with E-state index in [0.29, 0.717) is 24.4 Å². The van der Waals surface area contributed by atoms with Crippen LogP contribution in [0.25, 0.3) is 0 Å². The highest BCUT2D eigenvalue weighted by Gasteiger charge is 2.17. The zero-order valence-electron chi connectivity index (χ0n) is 14.6. The van der Waals surface area contributed by atoms with Crippen molar-refractivity contribution in [3.05, 3.63) is 5.89 Å². The summed E-state index contributed by atoms with van der Waals surface area (Å²) in [5.41, 5.74) is 0.0389. The van der Waals surface area contributed by atoms with Crippen LogP contribution in [0.3, 0.4) is 0 Å². The molecular weight excluding hydrogens is 266 g/mol. The normalized spacial score (nSPS) is 12.4. The van der Waals surface area contributed by atoms with Crippen molar-refractivity contribution in [2.24, 2.45) is 5.92 Å².